The van der Waals surface area contributed by atoms with Crippen LogP contribution >= 0.6 is 0 Å². The normalized spacial score (nSPS) is 18.5. The number of hydrogen-bond donors (Lipinski definition) is 1. The number of aryl methyl sites for hydroxylation is 1. The number of fused-ring (bicyclic) bond motifs is 1. The fourth-order valence-corrected chi connectivity index (χ4v) is 3.21. The summed E-state index contributed by atoms with van der Waals surface area (Å²) in [5, 5.41) is 3.27. The number of likely N-dealkylation sites (N-methyl/N-ethyl adjacent to an activating group) is 1. The van der Waals surface area contributed by atoms with Gasteiger partial charge in [0.15, 0.2) is 0 Å². The second-order valence-electron chi connectivity index (χ2n) is 5.53. The van der Waals surface area contributed by atoms with Crippen LogP contribution in [0, 0.1) is 11.6 Å². The topological polar surface area (TPSA) is 24.9 Å². The molecule has 1 N–H and O–H groups in total. The van der Waals surface area contributed by atoms with E-state index in [0.29, 0.717) is 12.0 Å². The van der Waals surface area contributed by atoms with E-state index in [0.717, 1.165) is 24.6 Å². The molecule has 110 valence electrons. The van der Waals surface area contributed by atoms with Crippen LogP contribution in [-0.4, -0.2) is 18.1 Å². The number of hydrogen-bond acceptors (Lipinski definition) is 2. The van der Waals surface area contributed by atoms with Crippen molar-refractivity contribution in [1.29, 1.82) is 0 Å². The van der Waals surface area contributed by atoms with E-state index in [9.17, 15) is 8.78 Å². The Labute approximate surface area is 123 Å². The van der Waals surface area contributed by atoms with Crippen molar-refractivity contribution in [3.05, 3.63) is 65.0 Å². The zero-order valence-electron chi connectivity index (χ0n) is 11.9. The van der Waals surface area contributed by atoms with E-state index in [1.54, 1.807) is 0 Å². The highest BCUT2D eigenvalue weighted by atomic mass is 19.1. The Morgan fingerprint density at radius 1 is 1.33 bits per heavy atom. The van der Waals surface area contributed by atoms with Crippen molar-refractivity contribution in [2.75, 3.05) is 7.05 Å². The second kappa shape index (κ2) is 5.90. The van der Waals surface area contributed by atoms with Gasteiger partial charge in [0.05, 0.1) is 0 Å². The van der Waals surface area contributed by atoms with Crippen molar-refractivity contribution in [3.8, 4) is 0 Å². The van der Waals surface area contributed by atoms with E-state index >= 15 is 0 Å². The van der Waals surface area contributed by atoms with E-state index in [4.69, 9.17) is 0 Å². The van der Waals surface area contributed by atoms with Crippen LogP contribution in [0.5, 0.6) is 0 Å². The minimum Gasteiger partial charge on any atom is -0.316 e. The van der Waals surface area contributed by atoms with Crippen LogP contribution in [0.15, 0.2) is 36.5 Å². The number of benzene rings is 1. The molecule has 0 saturated heterocycles. The molecule has 0 bridgehead atoms. The molecule has 2 aromatic rings. The molecule has 0 aliphatic heterocycles. The molecule has 0 saturated carbocycles. The summed E-state index contributed by atoms with van der Waals surface area (Å²) < 4.78 is 26.8. The van der Waals surface area contributed by atoms with Crippen LogP contribution in [0.1, 0.15) is 29.2 Å². The van der Waals surface area contributed by atoms with Crippen LogP contribution in [0.2, 0.25) is 0 Å². The molecule has 2 unspecified atom stereocenters. The molecule has 3 rings (SSSR count). The average Bonchev–Trinajstić information content (AvgIpc) is 2.91. The van der Waals surface area contributed by atoms with Crippen LogP contribution < -0.4 is 5.32 Å². The summed E-state index contributed by atoms with van der Waals surface area (Å²) in [5.74, 6) is -0.740. The van der Waals surface area contributed by atoms with Crippen LogP contribution in [-0.2, 0) is 12.8 Å². The lowest BCUT2D eigenvalue weighted by molar-refractivity contribution is 0.442. The van der Waals surface area contributed by atoms with E-state index < -0.39 is 11.6 Å². The van der Waals surface area contributed by atoms with Gasteiger partial charge in [-0.1, -0.05) is 12.1 Å². The van der Waals surface area contributed by atoms with Crippen LogP contribution in [0.4, 0.5) is 8.78 Å². The molecule has 0 fully saturated rings. The first kappa shape index (κ1) is 14.1. The maximum absolute atomic E-state index is 13.8. The van der Waals surface area contributed by atoms with Crippen molar-refractivity contribution < 1.29 is 8.78 Å². The molecule has 1 aromatic heterocycles. The molecule has 1 aliphatic rings. The van der Waals surface area contributed by atoms with Gasteiger partial charge in [0.1, 0.15) is 11.6 Å². The lowest BCUT2D eigenvalue weighted by Gasteiger charge is -2.23. The van der Waals surface area contributed by atoms with Gasteiger partial charge in [-0.2, -0.15) is 0 Å². The molecule has 1 aliphatic carbocycles. The monoisotopic (exact) mass is 288 g/mol. The van der Waals surface area contributed by atoms with Gasteiger partial charge in [-0.25, -0.2) is 8.78 Å². The Hall–Kier alpha value is -1.81. The minimum absolute atomic E-state index is 0.0983. The highest BCUT2D eigenvalue weighted by Crippen LogP contribution is 2.34. The quantitative estimate of drug-likeness (QED) is 0.934. The average molecular weight is 288 g/mol. The van der Waals surface area contributed by atoms with E-state index in [2.05, 4.69) is 16.4 Å². The van der Waals surface area contributed by atoms with Gasteiger partial charge in [0, 0.05) is 29.9 Å². The van der Waals surface area contributed by atoms with Crippen molar-refractivity contribution in [2.45, 2.75) is 31.2 Å². The van der Waals surface area contributed by atoms with Gasteiger partial charge in [-0.3, -0.25) is 4.98 Å². The molecule has 4 heteroatoms. The Kier molecular flexibility index (Phi) is 3.97. The first-order chi connectivity index (χ1) is 10.2. The van der Waals surface area contributed by atoms with Crippen molar-refractivity contribution in [1.82, 2.24) is 10.3 Å². The number of aromatic nitrogens is 1. The smallest absolute Gasteiger partial charge is 0.129 e. The highest BCUT2D eigenvalue weighted by molar-refractivity contribution is 5.31. The Morgan fingerprint density at radius 3 is 2.95 bits per heavy atom. The molecule has 0 radical (unpaired) electrons. The van der Waals surface area contributed by atoms with Gasteiger partial charge in [0.2, 0.25) is 0 Å². The zero-order valence-corrected chi connectivity index (χ0v) is 11.9. The summed E-state index contributed by atoms with van der Waals surface area (Å²) in [5.41, 5.74) is 2.93. The van der Waals surface area contributed by atoms with Crippen LogP contribution in [0.25, 0.3) is 0 Å². The van der Waals surface area contributed by atoms with E-state index in [1.165, 1.54) is 17.7 Å². The standard InChI is InChI=1S/C17H18F2N2/c1-20-16(9-12-4-6-13(18)10-15(12)19)14-7-5-11-3-2-8-21-17(11)14/h2-4,6,8,10,14,16,20H,5,7,9H2,1H3. The third-order valence-corrected chi connectivity index (χ3v) is 4.31. The van der Waals surface area contributed by atoms with Gasteiger partial charge >= 0.3 is 0 Å². The van der Waals surface area contributed by atoms with Crippen molar-refractivity contribution in [3.63, 3.8) is 0 Å². The minimum atomic E-state index is -0.537. The van der Waals surface area contributed by atoms with Gasteiger partial charge < -0.3 is 5.32 Å². The number of pyridine rings is 1. The second-order valence-corrected chi connectivity index (χ2v) is 5.53. The molecular weight excluding hydrogens is 270 g/mol. The largest absolute Gasteiger partial charge is 0.316 e. The molecule has 21 heavy (non-hydrogen) atoms. The summed E-state index contributed by atoms with van der Waals surface area (Å²) in [6, 6.07) is 7.95. The third kappa shape index (κ3) is 2.81. The Morgan fingerprint density at radius 2 is 2.19 bits per heavy atom. The molecule has 0 spiro atoms. The lowest BCUT2D eigenvalue weighted by Crippen LogP contribution is -2.34. The Balaban J connectivity index is 1.83. The SMILES string of the molecule is CNC(Cc1ccc(F)cc1F)C1CCc2cccnc21. The number of nitrogens with one attached hydrogen (secondary N) is 1. The van der Waals surface area contributed by atoms with E-state index in [1.807, 2.05) is 19.3 Å². The highest BCUT2D eigenvalue weighted by Gasteiger charge is 2.30. The summed E-state index contributed by atoms with van der Waals surface area (Å²) in [6.45, 7) is 0. The molecule has 2 atom stereocenters. The number of rotatable bonds is 4. The third-order valence-electron chi connectivity index (χ3n) is 4.31. The zero-order chi connectivity index (χ0) is 14.8. The number of halogens is 2. The molecular formula is C17H18F2N2. The first-order valence-electron chi connectivity index (χ1n) is 7.24. The molecule has 0 amide bonds. The van der Waals surface area contributed by atoms with Gasteiger partial charge in [0.25, 0.3) is 0 Å². The summed E-state index contributed by atoms with van der Waals surface area (Å²) in [4.78, 5) is 4.49. The maximum Gasteiger partial charge on any atom is 0.129 e. The predicted octanol–water partition coefficient (Wildman–Crippen LogP) is 3.22. The van der Waals surface area contributed by atoms with Crippen molar-refractivity contribution in [2.24, 2.45) is 0 Å². The van der Waals surface area contributed by atoms with Crippen LogP contribution in [0.3, 0.4) is 0 Å². The fourth-order valence-electron chi connectivity index (χ4n) is 3.21. The summed E-state index contributed by atoms with van der Waals surface area (Å²) in [6.07, 6.45) is 4.37. The van der Waals surface area contributed by atoms with Crippen molar-refractivity contribution >= 4 is 0 Å². The van der Waals surface area contributed by atoms with Gasteiger partial charge in [-0.15, -0.1) is 0 Å². The number of nitrogens with zero attached hydrogens (tertiary/aromatic N) is 1. The first-order valence-corrected chi connectivity index (χ1v) is 7.24. The summed E-state index contributed by atoms with van der Waals surface area (Å²) >= 11 is 0. The molecule has 1 aromatic carbocycles. The Bertz CT molecular complexity index is 642. The molecule has 1 heterocycles. The predicted molar refractivity (Wildman–Crippen MR) is 78.2 cm³/mol. The fraction of sp³-hybridized carbons (Fsp3) is 0.353. The summed E-state index contributed by atoms with van der Waals surface area (Å²) in [7, 11) is 1.88. The lowest BCUT2D eigenvalue weighted by atomic mass is 9.91. The maximum atomic E-state index is 13.8. The van der Waals surface area contributed by atoms with Gasteiger partial charge in [-0.05, 0) is 49.6 Å². The van der Waals surface area contributed by atoms with E-state index in [-0.39, 0.29) is 12.0 Å². The molecule has 2 nitrogen and oxygen atoms in total.